The molecule has 9 nitrogen and oxygen atoms in total. The zero-order valence-corrected chi connectivity index (χ0v) is 16.7. The van der Waals surface area contributed by atoms with Gasteiger partial charge in [0.05, 0.1) is 11.6 Å². The summed E-state index contributed by atoms with van der Waals surface area (Å²) in [4.78, 5) is 16.1. The van der Waals surface area contributed by atoms with Gasteiger partial charge in [-0.15, -0.1) is 0 Å². The molecular weight excluding hydrogens is 387 g/mol. The van der Waals surface area contributed by atoms with Crippen LogP contribution < -0.4 is 10.6 Å². The van der Waals surface area contributed by atoms with Crippen molar-refractivity contribution in [2.24, 2.45) is 12.0 Å². The number of alkyl halides is 3. The van der Waals surface area contributed by atoms with Crippen LogP contribution in [0.1, 0.15) is 6.92 Å². The smallest absolute Gasteiger partial charge is 0.368 e. The number of aliphatic imine (C=N–C) groups is 1. The number of hydrogen-bond acceptors (Lipinski definition) is 6. The second-order valence-corrected chi connectivity index (χ2v) is 6.87. The fraction of sp³-hybridized carbons (Fsp3) is 0.647. The Kier molecular flexibility index (Phi) is 6.40. The lowest BCUT2D eigenvalue weighted by Crippen LogP contribution is -2.57. The van der Waals surface area contributed by atoms with Gasteiger partial charge in [0.25, 0.3) is 0 Å². The summed E-state index contributed by atoms with van der Waals surface area (Å²) in [5.41, 5.74) is 0.747. The number of nitrogens with zero attached hydrogens (tertiary/aromatic N) is 7. The molecule has 3 heterocycles. The third kappa shape index (κ3) is 4.86. The first-order chi connectivity index (χ1) is 13.8. The summed E-state index contributed by atoms with van der Waals surface area (Å²) in [5, 5.41) is 11.5. The zero-order valence-electron chi connectivity index (χ0n) is 16.7. The van der Waals surface area contributed by atoms with Crippen LogP contribution in [-0.2, 0) is 7.05 Å². The molecule has 1 aliphatic rings. The van der Waals surface area contributed by atoms with Crippen molar-refractivity contribution in [1.82, 2.24) is 34.9 Å². The minimum absolute atomic E-state index is 0.347. The van der Waals surface area contributed by atoms with Crippen LogP contribution in [0.25, 0.3) is 11.0 Å². The van der Waals surface area contributed by atoms with E-state index in [0.717, 1.165) is 11.0 Å². The van der Waals surface area contributed by atoms with Crippen LogP contribution in [0.4, 0.5) is 19.0 Å². The van der Waals surface area contributed by atoms with Crippen LogP contribution in [0.15, 0.2) is 17.5 Å². The highest BCUT2D eigenvalue weighted by Gasteiger charge is 2.41. The van der Waals surface area contributed by atoms with Crippen molar-refractivity contribution < 1.29 is 13.2 Å². The Morgan fingerprint density at radius 2 is 1.93 bits per heavy atom. The minimum atomic E-state index is -4.20. The highest BCUT2D eigenvalue weighted by atomic mass is 19.4. The van der Waals surface area contributed by atoms with Gasteiger partial charge in [0.15, 0.2) is 11.6 Å². The van der Waals surface area contributed by atoms with E-state index in [9.17, 15) is 13.2 Å². The fourth-order valence-corrected chi connectivity index (χ4v) is 3.32. The van der Waals surface area contributed by atoms with E-state index in [0.29, 0.717) is 51.0 Å². The monoisotopic (exact) mass is 413 g/mol. The van der Waals surface area contributed by atoms with Gasteiger partial charge in [-0.1, -0.05) is 0 Å². The van der Waals surface area contributed by atoms with Crippen molar-refractivity contribution in [1.29, 1.82) is 0 Å². The normalized spacial score (nSPS) is 17.6. The van der Waals surface area contributed by atoms with Gasteiger partial charge in [-0.05, 0) is 6.92 Å². The van der Waals surface area contributed by atoms with Crippen LogP contribution in [0.2, 0.25) is 0 Å². The van der Waals surface area contributed by atoms with Crippen molar-refractivity contribution in [3.63, 3.8) is 0 Å². The molecule has 0 aromatic carbocycles. The first-order valence-corrected chi connectivity index (χ1v) is 9.44. The molecule has 1 saturated heterocycles. The van der Waals surface area contributed by atoms with Crippen molar-refractivity contribution >= 4 is 22.8 Å². The summed E-state index contributed by atoms with van der Waals surface area (Å²) in [6.07, 6.45) is -1.000. The van der Waals surface area contributed by atoms with Crippen LogP contribution in [-0.4, -0.2) is 94.0 Å². The summed E-state index contributed by atoms with van der Waals surface area (Å²) in [6.45, 7) is 4.06. The first-order valence-electron chi connectivity index (χ1n) is 9.44. The Hall–Kier alpha value is -2.63. The molecule has 29 heavy (non-hydrogen) atoms. The highest BCUT2D eigenvalue weighted by molar-refractivity contribution is 5.86. The maximum Gasteiger partial charge on any atom is 0.403 e. The fourth-order valence-electron chi connectivity index (χ4n) is 3.32. The number of aromatic nitrogens is 4. The quantitative estimate of drug-likeness (QED) is 0.428. The number of fused-ring (bicyclic) bond motifs is 1. The third-order valence-electron chi connectivity index (χ3n) is 5.08. The maximum absolute atomic E-state index is 12.9. The summed E-state index contributed by atoms with van der Waals surface area (Å²) >= 11 is 0. The molecule has 3 rings (SSSR count). The molecule has 0 saturated carbocycles. The Labute approximate surface area is 167 Å². The Bertz CT molecular complexity index is 840. The van der Waals surface area contributed by atoms with Crippen LogP contribution in [0.5, 0.6) is 0 Å². The summed E-state index contributed by atoms with van der Waals surface area (Å²) in [5.74, 6) is 1.38. The van der Waals surface area contributed by atoms with E-state index in [4.69, 9.17) is 0 Å². The van der Waals surface area contributed by atoms with Gasteiger partial charge >= 0.3 is 6.18 Å². The molecule has 12 heteroatoms. The molecule has 1 aliphatic heterocycles. The van der Waals surface area contributed by atoms with Gasteiger partial charge in [0.2, 0.25) is 0 Å². The first kappa shape index (κ1) is 21.1. The van der Waals surface area contributed by atoms with E-state index >= 15 is 0 Å². The summed E-state index contributed by atoms with van der Waals surface area (Å²) in [6, 6.07) is -1.43. The number of guanidine groups is 1. The number of aryl methyl sites for hydroxylation is 1. The number of halogens is 3. The summed E-state index contributed by atoms with van der Waals surface area (Å²) in [7, 11) is 3.49. The lowest BCUT2D eigenvalue weighted by atomic mass is 10.2. The molecule has 1 atom stereocenters. The Balaban J connectivity index is 1.46. The van der Waals surface area contributed by atoms with E-state index < -0.39 is 12.2 Å². The third-order valence-corrected chi connectivity index (χ3v) is 5.08. The van der Waals surface area contributed by atoms with E-state index in [1.807, 2.05) is 11.9 Å². The molecule has 0 aliphatic carbocycles. The molecular formula is C17H26F3N9. The van der Waals surface area contributed by atoms with E-state index in [2.05, 4.69) is 30.7 Å². The molecule has 2 aromatic heterocycles. The van der Waals surface area contributed by atoms with Crippen molar-refractivity contribution in [3.05, 3.63) is 12.5 Å². The molecule has 2 N–H and O–H groups in total. The van der Waals surface area contributed by atoms with Crippen molar-refractivity contribution in [3.8, 4) is 0 Å². The Morgan fingerprint density at radius 1 is 1.21 bits per heavy atom. The second-order valence-electron chi connectivity index (χ2n) is 6.87. The minimum Gasteiger partial charge on any atom is -0.368 e. The van der Waals surface area contributed by atoms with E-state index in [-0.39, 0.29) is 0 Å². The largest absolute Gasteiger partial charge is 0.403 e. The Morgan fingerprint density at radius 3 is 2.59 bits per heavy atom. The molecule has 1 fully saturated rings. The van der Waals surface area contributed by atoms with Crippen LogP contribution >= 0.6 is 0 Å². The number of hydrogen-bond donors (Lipinski definition) is 2. The van der Waals surface area contributed by atoms with Gasteiger partial charge in [-0.25, -0.2) is 9.97 Å². The standard InChI is InChI=1S/C17H26F3N9/c1-12(17(18,19)20)28-6-8-29(9-7-28)16(21-2)23-5-4-22-14-13-10-26-27(3)15(13)25-11-24-14/h10-12H,4-9H2,1-3H3,(H,21,23)(H,22,24,25). The SMILES string of the molecule is CN=C(NCCNc1ncnc2c1cnn2C)N1CCN(C(C)C(F)(F)F)CC1. The molecule has 0 amide bonds. The van der Waals surface area contributed by atoms with Gasteiger partial charge in [0, 0.05) is 53.4 Å². The number of anilines is 1. The molecule has 0 radical (unpaired) electrons. The van der Waals surface area contributed by atoms with Crippen molar-refractivity contribution in [2.45, 2.75) is 19.1 Å². The predicted octanol–water partition coefficient (Wildman–Crippen LogP) is 0.919. The summed E-state index contributed by atoms with van der Waals surface area (Å²) < 4.78 is 40.3. The lowest BCUT2D eigenvalue weighted by molar-refractivity contribution is -0.181. The predicted molar refractivity (Wildman–Crippen MR) is 105 cm³/mol. The second kappa shape index (κ2) is 8.80. The molecule has 160 valence electrons. The van der Waals surface area contributed by atoms with Crippen LogP contribution in [0.3, 0.4) is 0 Å². The molecule has 2 aromatic rings. The number of nitrogens with one attached hydrogen (secondary N) is 2. The lowest BCUT2D eigenvalue weighted by Gasteiger charge is -2.39. The van der Waals surface area contributed by atoms with Gasteiger partial charge < -0.3 is 15.5 Å². The van der Waals surface area contributed by atoms with Gasteiger partial charge in [-0.2, -0.15) is 18.3 Å². The molecule has 1 unspecified atom stereocenters. The maximum atomic E-state index is 12.9. The average Bonchev–Trinajstić information content (AvgIpc) is 3.09. The highest BCUT2D eigenvalue weighted by Crippen LogP contribution is 2.25. The van der Waals surface area contributed by atoms with Gasteiger partial charge in [0.1, 0.15) is 18.2 Å². The average molecular weight is 413 g/mol. The van der Waals surface area contributed by atoms with Crippen LogP contribution in [0, 0.1) is 0 Å². The van der Waals surface area contributed by atoms with E-state index in [1.165, 1.54) is 18.2 Å². The number of piperazine rings is 1. The molecule has 0 spiro atoms. The zero-order chi connectivity index (χ0) is 21.0. The van der Waals surface area contributed by atoms with E-state index in [1.54, 1.807) is 17.9 Å². The molecule has 0 bridgehead atoms. The van der Waals surface area contributed by atoms with Crippen molar-refractivity contribution in [2.75, 3.05) is 51.6 Å². The topological polar surface area (TPSA) is 86.5 Å². The van der Waals surface area contributed by atoms with Gasteiger partial charge in [-0.3, -0.25) is 14.6 Å². The number of rotatable bonds is 5.